The molecule has 1 aromatic carbocycles. The third-order valence-electron chi connectivity index (χ3n) is 2.62. The first-order valence-corrected chi connectivity index (χ1v) is 6.17. The molecule has 0 saturated carbocycles. The molecule has 0 fully saturated rings. The molecule has 19 heavy (non-hydrogen) atoms. The van der Waals surface area contributed by atoms with Gasteiger partial charge in [0, 0.05) is 13.1 Å². The average Bonchev–Trinajstić information content (AvgIpc) is 2.34. The van der Waals surface area contributed by atoms with Crippen molar-refractivity contribution in [3.63, 3.8) is 0 Å². The Bertz CT molecular complexity index is 421. The number of para-hydroxylation sites is 1. The van der Waals surface area contributed by atoms with E-state index in [0.717, 1.165) is 6.54 Å². The molecule has 0 atom stereocenters. The molecule has 0 aliphatic rings. The number of carbonyl (C=O) groups excluding carboxylic acids is 1. The van der Waals surface area contributed by atoms with Crippen LogP contribution in [0.5, 0.6) is 0 Å². The summed E-state index contributed by atoms with van der Waals surface area (Å²) in [5, 5.41) is 3.12. The van der Waals surface area contributed by atoms with Crippen LogP contribution in [0.15, 0.2) is 18.2 Å². The molecule has 1 amide bonds. The maximum Gasteiger partial charge on any atom is 0.250 e. The third-order valence-corrected chi connectivity index (χ3v) is 2.62. The molecule has 6 nitrogen and oxygen atoms in total. The highest BCUT2D eigenvalue weighted by atomic mass is 16.5. The number of hydrogen-bond acceptors (Lipinski definition) is 5. The topological polar surface area (TPSA) is 93.6 Å². The van der Waals surface area contributed by atoms with Crippen LogP contribution in [-0.2, 0) is 4.74 Å². The smallest absolute Gasteiger partial charge is 0.250 e. The summed E-state index contributed by atoms with van der Waals surface area (Å²) < 4.78 is 5.45. The lowest BCUT2D eigenvalue weighted by Gasteiger charge is -2.13. The predicted molar refractivity (Wildman–Crippen MR) is 77.2 cm³/mol. The van der Waals surface area contributed by atoms with Gasteiger partial charge >= 0.3 is 0 Å². The summed E-state index contributed by atoms with van der Waals surface area (Å²) in [6.45, 7) is 2.78. The molecular weight excluding hydrogens is 244 g/mol. The monoisotopic (exact) mass is 266 g/mol. The quantitative estimate of drug-likeness (QED) is 0.466. The lowest BCUT2D eigenvalue weighted by atomic mass is 10.1. The third kappa shape index (κ3) is 5.15. The Morgan fingerprint density at radius 2 is 2.11 bits per heavy atom. The molecule has 0 aromatic heterocycles. The number of nitrogens with zero attached hydrogens (tertiary/aromatic N) is 1. The average molecular weight is 266 g/mol. The lowest BCUT2D eigenvalue weighted by Crippen LogP contribution is -2.20. The van der Waals surface area contributed by atoms with Crippen molar-refractivity contribution in [3.8, 4) is 0 Å². The maximum absolute atomic E-state index is 11.1. The number of amides is 1. The summed E-state index contributed by atoms with van der Waals surface area (Å²) in [6, 6.07) is 5.16. The minimum absolute atomic E-state index is 0.332. The van der Waals surface area contributed by atoms with Crippen LogP contribution >= 0.6 is 0 Å². The summed E-state index contributed by atoms with van der Waals surface area (Å²) in [5.41, 5.74) is 12.5. The number of rotatable bonds is 8. The van der Waals surface area contributed by atoms with Gasteiger partial charge in [0.2, 0.25) is 0 Å². The van der Waals surface area contributed by atoms with E-state index in [4.69, 9.17) is 16.2 Å². The SMILES string of the molecule is CN(C)CCOCCNc1cccc(C(N)=O)c1N. The van der Waals surface area contributed by atoms with Crippen molar-refractivity contribution >= 4 is 17.3 Å². The highest BCUT2D eigenvalue weighted by Gasteiger charge is 2.08. The minimum Gasteiger partial charge on any atom is -0.396 e. The Morgan fingerprint density at radius 1 is 1.37 bits per heavy atom. The van der Waals surface area contributed by atoms with E-state index in [1.54, 1.807) is 12.1 Å². The van der Waals surface area contributed by atoms with Gasteiger partial charge in [0.25, 0.3) is 5.91 Å². The largest absolute Gasteiger partial charge is 0.396 e. The second-order valence-corrected chi connectivity index (χ2v) is 4.47. The van der Waals surface area contributed by atoms with Crippen LogP contribution in [0.4, 0.5) is 11.4 Å². The molecule has 1 rings (SSSR count). The van der Waals surface area contributed by atoms with E-state index in [1.807, 2.05) is 20.2 Å². The van der Waals surface area contributed by atoms with Crippen LogP contribution in [0, 0.1) is 0 Å². The van der Waals surface area contributed by atoms with Gasteiger partial charge < -0.3 is 26.4 Å². The zero-order valence-electron chi connectivity index (χ0n) is 11.5. The first-order valence-electron chi connectivity index (χ1n) is 6.17. The van der Waals surface area contributed by atoms with E-state index >= 15 is 0 Å². The molecule has 0 aliphatic carbocycles. The fourth-order valence-corrected chi connectivity index (χ4v) is 1.54. The van der Waals surface area contributed by atoms with Crippen molar-refractivity contribution in [3.05, 3.63) is 23.8 Å². The lowest BCUT2D eigenvalue weighted by molar-refractivity contribution is 0.100. The number of hydrogen-bond donors (Lipinski definition) is 3. The number of nitrogens with one attached hydrogen (secondary N) is 1. The van der Waals surface area contributed by atoms with Crippen LogP contribution in [0.25, 0.3) is 0 Å². The van der Waals surface area contributed by atoms with E-state index in [2.05, 4.69) is 10.2 Å². The van der Waals surface area contributed by atoms with Crippen molar-refractivity contribution < 1.29 is 9.53 Å². The predicted octanol–water partition coefficient (Wildman–Crippen LogP) is 0.358. The van der Waals surface area contributed by atoms with Crippen LogP contribution in [-0.4, -0.2) is 51.2 Å². The van der Waals surface area contributed by atoms with E-state index in [9.17, 15) is 4.79 Å². The van der Waals surface area contributed by atoms with Gasteiger partial charge in [0.1, 0.15) is 0 Å². The summed E-state index contributed by atoms with van der Waals surface area (Å²) in [7, 11) is 4.00. The standard InChI is InChI=1S/C13H22N4O2/c1-17(2)7-9-19-8-6-16-11-5-3-4-10(12(11)14)13(15)18/h3-5,16H,6-9,14H2,1-2H3,(H2,15,18). The Labute approximate surface area is 113 Å². The molecule has 0 bridgehead atoms. The van der Waals surface area contributed by atoms with Gasteiger partial charge in [-0.2, -0.15) is 0 Å². The van der Waals surface area contributed by atoms with Gasteiger partial charge in [-0.1, -0.05) is 6.07 Å². The fourth-order valence-electron chi connectivity index (χ4n) is 1.54. The van der Waals surface area contributed by atoms with Gasteiger partial charge in [-0.15, -0.1) is 0 Å². The van der Waals surface area contributed by atoms with Gasteiger partial charge in [-0.25, -0.2) is 0 Å². The Hall–Kier alpha value is -1.79. The molecule has 0 spiro atoms. The number of anilines is 2. The van der Waals surface area contributed by atoms with Crippen molar-refractivity contribution in [1.29, 1.82) is 0 Å². The number of nitrogens with two attached hydrogens (primary N) is 2. The van der Waals surface area contributed by atoms with Crippen LogP contribution < -0.4 is 16.8 Å². The highest BCUT2D eigenvalue weighted by Crippen LogP contribution is 2.21. The summed E-state index contributed by atoms with van der Waals surface area (Å²) in [5.74, 6) is -0.525. The number of carbonyl (C=O) groups is 1. The molecule has 1 aromatic rings. The minimum atomic E-state index is -0.525. The Kier molecular flexibility index (Phi) is 6.11. The van der Waals surface area contributed by atoms with Crippen molar-refractivity contribution in [2.75, 3.05) is 51.4 Å². The van der Waals surface area contributed by atoms with Gasteiger partial charge in [0.15, 0.2) is 0 Å². The Morgan fingerprint density at radius 3 is 2.74 bits per heavy atom. The van der Waals surface area contributed by atoms with E-state index in [-0.39, 0.29) is 0 Å². The van der Waals surface area contributed by atoms with E-state index < -0.39 is 5.91 Å². The van der Waals surface area contributed by atoms with Crippen LogP contribution in [0.2, 0.25) is 0 Å². The first-order chi connectivity index (χ1) is 9.02. The molecular formula is C13H22N4O2. The number of ether oxygens (including phenoxy) is 1. The second-order valence-electron chi connectivity index (χ2n) is 4.47. The first kappa shape index (κ1) is 15.3. The summed E-state index contributed by atoms with van der Waals surface area (Å²) in [6.07, 6.45) is 0. The van der Waals surface area contributed by atoms with Crippen LogP contribution in [0.1, 0.15) is 10.4 Å². The maximum atomic E-state index is 11.1. The Balaban J connectivity index is 2.37. The molecule has 0 unspecified atom stereocenters. The zero-order chi connectivity index (χ0) is 14.3. The second kappa shape index (κ2) is 7.60. The molecule has 0 saturated heterocycles. The van der Waals surface area contributed by atoms with Crippen LogP contribution in [0.3, 0.4) is 0 Å². The van der Waals surface area contributed by atoms with Crippen molar-refractivity contribution in [2.45, 2.75) is 0 Å². The van der Waals surface area contributed by atoms with Gasteiger partial charge in [-0.3, -0.25) is 4.79 Å². The molecule has 0 heterocycles. The number of benzene rings is 1. The molecule has 106 valence electrons. The number of primary amides is 1. The molecule has 5 N–H and O–H groups in total. The number of nitrogen functional groups attached to an aromatic ring is 1. The highest BCUT2D eigenvalue weighted by molar-refractivity contribution is 6.00. The molecule has 6 heteroatoms. The van der Waals surface area contributed by atoms with Crippen molar-refractivity contribution in [2.24, 2.45) is 5.73 Å². The van der Waals surface area contributed by atoms with Crippen molar-refractivity contribution in [1.82, 2.24) is 4.90 Å². The molecule has 0 radical (unpaired) electrons. The van der Waals surface area contributed by atoms with E-state index in [1.165, 1.54) is 0 Å². The zero-order valence-corrected chi connectivity index (χ0v) is 11.5. The van der Waals surface area contributed by atoms with E-state index in [0.29, 0.717) is 36.7 Å². The van der Waals surface area contributed by atoms with Gasteiger partial charge in [-0.05, 0) is 26.2 Å². The number of likely N-dealkylation sites (N-methyl/N-ethyl adjacent to an activating group) is 1. The summed E-state index contributed by atoms with van der Waals surface area (Å²) in [4.78, 5) is 13.2. The normalized spacial score (nSPS) is 10.7. The summed E-state index contributed by atoms with van der Waals surface area (Å²) >= 11 is 0. The fraction of sp³-hybridized carbons (Fsp3) is 0.462. The van der Waals surface area contributed by atoms with Gasteiger partial charge in [0.05, 0.1) is 30.2 Å². The molecule has 0 aliphatic heterocycles.